The monoisotopic (exact) mass is 338 g/mol. The van der Waals surface area contributed by atoms with Crippen molar-refractivity contribution in [2.75, 3.05) is 32.7 Å². The van der Waals surface area contributed by atoms with Gasteiger partial charge in [0.25, 0.3) is 0 Å². The number of likely N-dealkylation sites (tertiary alicyclic amines) is 1. The molecule has 1 aromatic rings. The van der Waals surface area contributed by atoms with Crippen molar-refractivity contribution in [1.82, 2.24) is 20.1 Å². The highest BCUT2D eigenvalue weighted by atomic mass is 35.5. The Balaban J connectivity index is 0.00000192. The molecule has 7 heteroatoms. The maximum Gasteiger partial charge on any atom is 0.242 e. The molecule has 1 unspecified atom stereocenters. The molecule has 0 saturated carbocycles. The van der Waals surface area contributed by atoms with Gasteiger partial charge in [-0.1, -0.05) is 6.07 Å². The van der Waals surface area contributed by atoms with Gasteiger partial charge >= 0.3 is 0 Å². The molecule has 2 saturated heterocycles. The number of carbonyl (C=O) groups is 2. The molecular formula is C16H23ClN4O2. The Morgan fingerprint density at radius 1 is 1.35 bits per heavy atom. The molecule has 2 fully saturated rings. The van der Waals surface area contributed by atoms with E-state index in [0.717, 1.165) is 31.5 Å². The average Bonchev–Trinajstić information content (AvgIpc) is 2.58. The van der Waals surface area contributed by atoms with Crippen LogP contribution in [-0.2, 0) is 9.59 Å². The first-order valence-electron chi connectivity index (χ1n) is 7.93. The van der Waals surface area contributed by atoms with E-state index < -0.39 is 0 Å². The summed E-state index contributed by atoms with van der Waals surface area (Å²) in [5.74, 6) is 0.137. The number of piperidine rings is 1. The van der Waals surface area contributed by atoms with E-state index >= 15 is 0 Å². The SMILES string of the molecule is Cl.O=C1CCCCN1CC(=O)N1CCNCC1c1cccnc1. The van der Waals surface area contributed by atoms with Gasteiger partial charge in [-0.05, 0) is 24.5 Å². The zero-order valence-corrected chi connectivity index (χ0v) is 13.9. The molecular weight excluding hydrogens is 316 g/mol. The minimum atomic E-state index is -0.00478. The first kappa shape index (κ1) is 17.7. The van der Waals surface area contributed by atoms with Crippen LogP contribution in [0.25, 0.3) is 0 Å². The summed E-state index contributed by atoms with van der Waals surface area (Å²) in [5, 5.41) is 3.33. The van der Waals surface area contributed by atoms with Crippen molar-refractivity contribution in [1.29, 1.82) is 0 Å². The molecule has 0 radical (unpaired) electrons. The minimum Gasteiger partial charge on any atom is -0.333 e. The van der Waals surface area contributed by atoms with Crippen LogP contribution in [0.2, 0.25) is 0 Å². The number of halogens is 1. The van der Waals surface area contributed by atoms with E-state index in [2.05, 4.69) is 10.3 Å². The van der Waals surface area contributed by atoms with Gasteiger partial charge in [0.1, 0.15) is 0 Å². The van der Waals surface area contributed by atoms with Crippen molar-refractivity contribution in [3.63, 3.8) is 0 Å². The highest BCUT2D eigenvalue weighted by molar-refractivity contribution is 5.86. The number of pyridine rings is 1. The lowest BCUT2D eigenvalue weighted by Crippen LogP contribution is -2.52. The number of nitrogens with zero attached hydrogens (tertiary/aromatic N) is 3. The van der Waals surface area contributed by atoms with Crippen molar-refractivity contribution in [2.24, 2.45) is 0 Å². The number of hydrogen-bond donors (Lipinski definition) is 1. The van der Waals surface area contributed by atoms with Gasteiger partial charge in [-0.25, -0.2) is 0 Å². The maximum atomic E-state index is 12.7. The summed E-state index contributed by atoms with van der Waals surface area (Å²) in [6.45, 7) is 3.09. The molecule has 0 spiro atoms. The van der Waals surface area contributed by atoms with Crippen molar-refractivity contribution in [2.45, 2.75) is 25.3 Å². The fourth-order valence-electron chi connectivity index (χ4n) is 3.16. The van der Waals surface area contributed by atoms with Crippen LogP contribution in [0, 0.1) is 0 Å². The zero-order chi connectivity index (χ0) is 15.4. The minimum absolute atomic E-state index is 0. The molecule has 1 atom stereocenters. The highest BCUT2D eigenvalue weighted by Crippen LogP contribution is 2.22. The second kappa shape index (κ2) is 8.26. The summed E-state index contributed by atoms with van der Waals surface area (Å²) in [5.41, 5.74) is 1.04. The molecule has 3 heterocycles. The van der Waals surface area contributed by atoms with Gasteiger partial charge in [0, 0.05) is 45.0 Å². The second-order valence-electron chi connectivity index (χ2n) is 5.87. The van der Waals surface area contributed by atoms with Crippen LogP contribution in [0.4, 0.5) is 0 Å². The van der Waals surface area contributed by atoms with Gasteiger partial charge in [-0.2, -0.15) is 0 Å². The largest absolute Gasteiger partial charge is 0.333 e. The molecule has 0 aliphatic carbocycles. The number of hydrogen-bond acceptors (Lipinski definition) is 4. The summed E-state index contributed by atoms with van der Waals surface area (Å²) < 4.78 is 0. The Hall–Kier alpha value is -1.66. The highest BCUT2D eigenvalue weighted by Gasteiger charge is 2.30. The standard InChI is InChI=1S/C16H22N4O2.ClH/c21-15-5-1-2-8-19(15)12-16(22)20-9-7-18-11-14(20)13-4-3-6-17-10-13;/h3-4,6,10,14,18H,1-2,5,7-9,11-12H2;1H. The average molecular weight is 339 g/mol. The molecule has 2 aliphatic rings. The van der Waals surface area contributed by atoms with Crippen molar-refractivity contribution < 1.29 is 9.59 Å². The smallest absolute Gasteiger partial charge is 0.242 e. The molecule has 0 bridgehead atoms. The fraction of sp³-hybridized carbons (Fsp3) is 0.562. The van der Waals surface area contributed by atoms with Gasteiger partial charge in [0.05, 0.1) is 12.6 Å². The summed E-state index contributed by atoms with van der Waals surface area (Å²) >= 11 is 0. The first-order chi connectivity index (χ1) is 10.8. The molecule has 1 aromatic heterocycles. The quantitative estimate of drug-likeness (QED) is 0.892. The number of rotatable bonds is 3. The zero-order valence-electron chi connectivity index (χ0n) is 13.1. The Kier molecular flexibility index (Phi) is 6.36. The maximum absolute atomic E-state index is 12.7. The number of nitrogens with one attached hydrogen (secondary N) is 1. The van der Waals surface area contributed by atoms with E-state index in [4.69, 9.17) is 0 Å². The Morgan fingerprint density at radius 2 is 2.22 bits per heavy atom. The summed E-state index contributed by atoms with van der Waals surface area (Å²) in [4.78, 5) is 32.3. The molecule has 2 aliphatic heterocycles. The molecule has 23 heavy (non-hydrogen) atoms. The first-order valence-corrected chi connectivity index (χ1v) is 7.93. The summed E-state index contributed by atoms with van der Waals surface area (Å²) in [7, 11) is 0. The van der Waals surface area contributed by atoms with Crippen LogP contribution in [0.1, 0.15) is 30.9 Å². The van der Waals surface area contributed by atoms with Crippen LogP contribution in [0.3, 0.4) is 0 Å². The predicted molar refractivity (Wildman–Crippen MR) is 89.2 cm³/mol. The summed E-state index contributed by atoms with van der Waals surface area (Å²) in [6, 6.07) is 3.88. The van der Waals surface area contributed by atoms with E-state index in [1.807, 2.05) is 23.2 Å². The number of aromatic nitrogens is 1. The second-order valence-corrected chi connectivity index (χ2v) is 5.87. The van der Waals surface area contributed by atoms with Crippen molar-refractivity contribution >= 4 is 24.2 Å². The normalized spacial score (nSPS) is 21.7. The lowest BCUT2D eigenvalue weighted by atomic mass is 10.0. The van der Waals surface area contributed by atoms with Crippen LogP contribution in [0.5, 0.6) is 0 Å². The molecule has 126 valence electrons. The topological polar surface area (TPSA) is 65.5 Å². The Bertz CT molecular complexity index is 540. The molecule has 1 N–H and O–H groups in total. The summed E-state index contributed by atoms with van der Waals surface area (Å²) in [6.07, 6.45) is 6.05. The Labute approximate surface area is 142 Å². The lowest BCUT2D eigenvalue weighted by molar-refractivity contribution is -0.143. The van der Waals surface area contributed by atoms with Crippen LogP contribution in [0.15, 0.2) is 24.5 Å². The predicted octanol–water partition coefficient (Wildman–Crippen LogP) is 0.989. The van der Waals surface area contributed by atoms with Crippen LogP contribution < -0.4 is 5.32 Å². The van der Waals surface area contributed by atoms with Gasteiger partial charge in [-0.3, -0.25) is 14.6 Å². The molecule has 2 amide bonds. The third-order valence-electron chi connectivity index (χ3n) is 4.38. The number of carbonyl (C=O) groups excluding carboxylic acids is 2. The van der Waals surface area contributed by atoms with Gasteiger partial charge < -0.3 is 15.1 Å². The van der Waals surface area contributed by atoms with Crippen molar-refractivity contribution in [3.8, 4) is 0 Å². The molecule has 0 aromatic carbocycles. The Morgan fingerprint density at radius 3 is 2.96 bits per heavy atom. The van der Waals surface area contributed by atoms with Crippen LogP contribution >= 0.6 is 12.4 Å². The van der Waals surface area contributed by atoms with Gasteiger partial charge in [0.15, 0.2) is 0 Å². The van der Waals surface area contributed by atoms with E-state index in [-0.39, 0.29) is 36.8 Å². The van der Waals surface area contributed by atoms with Gasteiger partial charge in [-0.15, -0.1) is 12.4 Å². The number of piperazine rings is 1. The number of amides is 2. The van der Waals surface area contributed by atoms with Gasteiger partial charge in [0.2, 0.25) is 11.8 Å². The van der Waals surface area contributed by atoms with Crippen molar-refractivity contribution in [3.05, 3.63) is 30.1 Å². The third-order valence-corrected chi connectivity index (χ3v) is 4.38. The van der Waals surface area contributed by atoms with E-state index in [0.29, 0.717) is 19.5 Å². The lowest BCUT2D eigenvalue weighted by Gasteiger charge is -2.38. The van der Waals surface area contributed by atoms with E-state index in [1.165, 1.54) is 0 Å². The van der Waals surface area contributed by atoms with Crippen LogP contribution in [-0.4, -0.2) is 59.3 Å². The van der Waals surface area contributed by atoms with E-state index in [9.17, 15) is 9.59 Å². The third kappa shape index (κ3) is 4.20. The fourth-order valence-corrected chi connectivity index (χ4v) is 3.16. The molecule has 6 nitrogen and oxygen atoms in total. The van der Waals surface area contributed by atoms with E-state index in [1.54, 1.807) is 11.1 Å². The molecule has 3 rings (SSSR count).